The van der Waals surface area contributed by atoms with Crippen molar-refractivity contribution in [3.63, 3.8) is 0 Å². The first kappa shape index (κ1) is 20.7. The molecule has 1 N–H and O–H groups in total. The molecule has 1 aromatic carbocycles. The van der Waals surface area contributed by atoms with Gasteiger partial charge in [0, 0.05) is 30.8 Å². The molecule has 0 saturated heterocycles. The van der Waals surface area contributed by atoms with Gasteiger partial charge in [0.2, 0.25) is 5.91 Å². The van der Waals surface area contributed by atoms with Gasteiger partial charge in [-0.25, -0.2) is 4.98 Å². The molecule has 2 aliphatic rings. The van der Waals surface area contributed by atoms with E-state index >= 15 is 0 Å². The van der Waals surface area contributed by atoms with Gasteiger partial charge in [-0.1, -0.05) is 11.6 Å². The standard InChI is InChI=1S/C23H27N3O3S/c1-15-10-11-16-17(14-15)23(29)26(22(16)28)13-5-8-20(27)24-12-4-9-21-25-18-6-2-3-7-19(18)30-21/h10-11,14H,2-9,12-13H2,1H3,(H,24,27). The number of thiazole rings is 1. The third-order valence-corrected chi connectivity index (χ3v) is 6.91. The van der Waals surface area contributed by atoms with Crippen LogP contribution in [0.1, 0.15) is 74.0 Å². The lowest BCUT2D eigenvalue weighted by Crippen LogP contribution is -2.32. The molecule has 2 aromatic rings. The molecular weight excluding hydrogens is 398 g/mol. The largest absolute Gasteiger partial charge is 0.356 e. The first-order valence-corrected chi connectivity index (χ1v) is 11.6. The highest BCUT2D eigenvalue weighted by Crippen LogP contribution is 2.27. The SMILES string of the molecule is Cc1ccc2c(c1)C(=O)N(CCCC(=O)NCCCc1nc3c(s1)CCCC3)C2=O. The lowest BCUT2D eigenvalue weighted by atomic mass is 10.0. The van der Waals surface area contributed by atoms with Gasteiger partial charge >= 0.3 is 0 Å². The number of fused-ring (bicyclic) bond motifs is 2. The maximum absolute atomic E-state index is 12.5. The van der Waals surface area contributed by atoms with Gasteiger partial charge in [0.1, 0.15) is 0 Å². The molecule has 0 bridgehead atoms. The van der Waals surface area contributed by atoms with E-state index in [0.717, 1.165) is 31.2 Å². The maximum atomic E-state index is 12.5. The summed E-state index contributed by atoms with van der Waals surface area (Å²) in [5.41, 5.74) is 3.16. The molecule has 3 amide bonds. The number of carbonyl (C=O) groups excluding carboxylic acids is 3. The second kappa shape index (κ2) is 9.08. The monoisotopic (exact) mass is 425 g/mol. The molecule has 1 aliphatic carbocycles. The molecule has 4 rings (SSSR count). The van der Waals surface area contributed by atoms with Crippen molar-refractivity contribution in [3.8, 4) is 0 Å². The summed E-state index contributed by atoms with van der Waals surface area (Å²) in [6, 6.07) is 5.29. The molecule has 1 aromatic heterocycles. The Morgan fingerprint density at radius 3 is 2.77 bits per heavy atom. The number of aromatic nitrogens is 1. The number of hydrogen-bond donors (Lipinski definition) is 1. The average Bonchev–Trinajstić information content (AvgIpc) is 3.25. The third-order valence-electron chi connectivity index (χ3n) is 5.69. The molecule has 0 fully saturated rings. The molecular formula is C23H27N3O3S. The summed E-state index contributed by atoms with van der Waals surface area (Å²) in [5, 5.41) is 4.11. The van der Waals surface area contributed by atoms with Crippen molar-refractivity contribution in [1.29, 1.82) is 0 Å². The van der Waals surface area contributed by atoms with E-state index in [1.54, 1.807) is 12.1 Å². The number of hydrogen-bond acceptors (Lipinski definition) is 5. The Hall–Kier alpha value is -2.54. The Kier molecular flexibility index (Phi) is 6.27. The van der Waals surface area contributed by atoms with Crippen LogP contribution in [-0.4, -0.2) is 40.7 Å². The maximum Gasteiger partial charge on any atom is 0.261 e. The van der Waals surface area contributed by atoms with Crippen LogP contribution < -0.4 is 5.32 Å². The Labute approximate surface area is 180 Å². The van der Waals surface area contributed by atoms with Gasteiger partial charge < -0.3 is 5.32 Å². The fourth-order valence-electron chi connectivity index (χ4n) is 4.07. The van der Waals surface area contributed by atoms with Crippen LogP contribution in [0.3, 0.4) is 0 Å². The first-order valence-electron chi connectivity index (χ1n) is 10.7. The van der Waals surface area contributed by atoms with Gasteiger partial charge in [-0.15, -0.1) is 11.3 Å². The number of amides is 3. The number of rotatable bonds is 8. The summed E-state index contributed by atoms with van der Waals surface area (Å²) in [4.78, 5) is 44.4. The smallest absolute Gasteiger partial charge is 0.261 e. The summed E-state index contributed by atoms with van der Waals surface area (Å²) in [5.74, 6) is -0.562. The van der Waals surface area contributed by atoms with E-state index in [2.05, 4.69) is 5.32 Å². The van der Waals surface area contributed by atoms with Crippen molar-refractivity contribution < 1.29 is 14.4 Å². The molecule has 158 valence electrons. The minimum absolute atomic E-state index is 0.0408. The Morgan fingerprint density at radius 2 is 1.93 bits per heavy atom. The quantitative estimate of drug-likeness (QED) is 0.519. The van der Waals surface area contributed by atoms with Crippen LogP contribution in [0.15, 0.2) is 18.2 Å². The molecule has 30 heavy (non-hydrogen) atoms. The van der Waals surface area contributed by atoms with Gasteiger partial charge in [0.05, 0.1) is 21.8 Å². The molecule has 0 unspecified atom stereocenters. The zero-order valence-corrected chi connectivity index (χ0v) is 18.1. The number of aryl methyl sites for hydroxylation is 4. The number of benzene rings is 1. The summed E-state index contributed by atoms with van der Waals surface area (Å²) < 4.78 is 0. The van der Waals surface area contributed by atoms with Gasteiger partial charge in [0.15, 0.2) is 0 Å². The number of carbonyl (C=O) groups is 3. The predicted molar refractivity (Wildman–Crippen MR) is 116 cm³/mol. The number of imide groups is 1. The van der Waals surface area contributed by atoms with E-state index in [1.807, 2.05) is 24.3 Å². The van der Waals surface area contributed by atoms with Crippen LogP contribution in [0.25, 0.3) is 0 Å². The molecule has 2 heterocycles. The zero-order chi connectivity index (χ0) is 21.1. The van der Waals surface area contributed by atoms with Crippen molar-refractivity contribution >= 4 is 29.1 Å². The van der Waals surface area contributed by atoms with Crippen LogP contribution in [0.2, 0.25) is 0 Å². The van der Waals surface area contributed by atoms with E-state index < -0.39 is 0 Å². The highest BCUT2D eigenvalue weighted by Gasteiger charge is 2.34. The van der Waals surface area contributed by atoms with E-state index in [0.29, 0.717) is 30.5 Å². The third kappa shape index (κ3) is 4.46. The van der Waals surface area contributed by atoms with Gasteiger partial charge in [-0.3, -0.25) is 19.3 Å². The summed E-state index contributed by atoms with van der Waals surface area (Å²) in [7, 11) is 0. The Balaban J connectivity index is 1.16. The fourth-order valence-corrected chi connectivity index (χ4v) is 5.27. The minimum Gasteiger partial charge on any atom is -0.356 e. The van der Waals surface area contributed by atoms with Crippen molar-refractivity contribution in [2.45, 2.75) is 58.3 Å². The van der Waals surface area contributed by atoms with Crippen molar-refractivity contribution in [2.75, 3.05) is 13.1 Å². The van der Waals surface area contributed by atoms with Crippen LogP contribution in [-0.2, 0) is 24.1 Å². The highest BCUT2D eigenvalue weighted by atomic mass is 32.1. The zero-order valence-electron chi connectivity index (χ0n) is 17.3. The lowest BCUT2D eigenvalue weighted by molar-refractivity contribution is -0.121. The van der Waals surface area contributed by atoms with Crippen LogP contribution in [0.5, 0.6) is 0 Å². The predicted octanol–water partition coefficient (Wildman–Crippen LogP) is 3.46. The van der Waals surface area contributed by atoms with E-state index in [1.165, 1.54) is 33.3 Å². The first-order chi connectivity index (χ1) is 14.5. The van der Waals surface area contributed by atoms with E-state index in [4.69, 9.17) is 4.98 Å². The molecule has 0 spiro atoms. The van der Waals surface area contributed by atoms with Gasteiger partial charge in [-0.2, -0.15) is 0 Å². The van der Waals surface area contributed by atoms with Gasteiger partial charge in [0.25, 0.3) is 11.8 Å². The molecule has 7 heteroatoms. The molecule has 0 saturated carbocycles. The summed E-state index contributed by atoms with van der Waals surface area (Å²) in [6.45, 7) is 2.78. The molecule has 6 nitrogen and oxygen atoms in total. The molecule has 0 radical (unpaired) electrons. The number of nitrogens with one attached hydrogen (secondary N) is 1. The highest BCUT2D eigenvalue weighted by molar-refractivity contribution is 7.11. The van der Waals surface area contributed by atoms with E-state index in [9.17, 15) is 14.4 Å². The number of nitrogens with zero attached hydrogens (tertiary/aromatic N) is 2. The van der Waals surface area contributed by atoms with Crippen LogP contribution in [0.4, 0.5) is 0 Å². The molecule has 0 atom stereocenters. The van der Waals surface area contributed by atoms with Crippen molar-refractivity contribution in [1.82, 2.24) is 15.2 Å². The summed E-state index contributed by atoms with van der Waals surface area (Å²) >= 11 is 1.83. The van der Waals surface area contributed by atoms with Crippen molar-refractivity contribution in [3.05, 3.63) is 50.5 Å². The molecule has 1 aliphatic heterocycles. The normalized spacial score (nSPS) is 15.3. The van der Waals surface area contributed by atoms with Crippen molar-refractivity contribution in [2.24, 2.45) is 0 Å². The minimum atomic E-state index is -0.262. The van der Waals surface area contributed by atoms with Crippen LogP contribution >= 0.6 is 11.3 Å². The van der Waals surface area contributed by atoms with Gasteiger partial charge in [-0.05, 0) is 57.6 Å². The Bertz CT molecular complexity index is 959. The second-order valence-electron chi connectivity index (χ2n) is 8.05. The Morgan fingerprint density at radius 1 is 1.13 bits per heavy atom. The van der Waals surface area contributed by atoms with Crippen LogP contribution in [0, 0.1) is 6.92 Å². The second-order valence-corrected chi connectivity index (χ2v) is 9.22. The van der Waals surface area contributed by atoms with E-state index in [-0.39, 0.29) is 24.3 Å². The average molecular weight is 426 g/mol. The summed E-state index contributed by atoms with van der Waals surface area (Å²) in [6.07, 6.45) is 7.32. The topological polar surface area (TPSA) is 79.4 Å². The lowest BCUT2D eigenvalue weighted by Gasteiger charge is -2.13. The fraction of sp³-hybridized carbons (Fsp3) is 0.478.